The zero-order valence-electron chi connectivity index (χ0n) is 14.1. The van der Waals surface area contributed by atoms with Crippen LogP contribution in [-0.2, 0) is 20.9 Å². The Morgan fingerprint density at radius 1 is 1.38 bits per heavy atom. The smallest absolute Gasteiger partial charge is 0.248 e. The van der Waals surface area contributed by atoms with E-state index in [1.54, 1.807) is 18.2 Å². The fourth-order valence-electron chi connectivity index (χ4n) is 3.00. The van der Waals surface area contributed by atoms with Gasteiger partial charge in [0.15, 0.2) is 0 Å². The predicted octanol–water partition coefficient (Wildman–Crippen LogP) is 2.11. The van der Waals surface area contributed by atoms with Gasteiger partial charge in [-0.3, -0.25) is 9.59 Å². The maximum Gasteiger partial charge on any atom is 0.248 e. The lowest BCUT2D eigenvalue weighted by Gasteiger charge is -2.32. The van der Waals surface area contributed by atoms with Gasteiger partial charge in [0, 0.05) is 38.7 Å². The van der Waals surface area contributed by atoms with E-state index in [0.29, 0.717) is 24.4 Å². The van der Waals surface area contributed by atoms with Crippen molar-refractivity contribution in [2.75, 3.05) is 26.8 Å². The molecule has 2 amide bonds. The van der Waals surface area contributed by atoms with Gasteiger partial charge >= 0.3 is 0 Å². The van der Waals surface area contributed by atoms with Crippen LogP contribution in [0.4, 0.5) is 4.39 Å². The molecule has 0 bridgehead atoms. The molecule has 132 valence electrons. The molecular weight excluding hydrogens is 311 g/mol. The van der Waals surface area contributed by atoms with Gasteiger partial charge in [0.2, 0.25) is 11.8 Å². The molecule has 0 aromatic heterocycles. The van der Waals surface area contributed by atoms with Gasteiger partial charge in [-0.05, 0) is 31.2 Å². The van der Waals surface area contributed by atoms with Crippen molar-refractivity contribution < 1.29 is 18.7 Å². The highest BCUT2D eigenvalue weighted by Crippen LogP contribution is 2.21. The van der Waals surface area contributed by atoms with Crippen LogP contribution in [0.3, 0.4) is 0 Å². The van der Waals surface area contributed by atoms with Crippen LogP contribution in [0.15, 0.2) is 24.3 Å². The molecule has 24 heavy (non-hydrogen) atoms. The molecule has 6 heteroatoms. The Labute approximate surface area is 142 Å². The second kappa shape index (κ2) is 9.37. The molecule has 1 aliphatic heterocycles. The highest BCUT2D eigenvalue weighted by Gasteiger charge is 2.23. The Hall–Kier alpha value is -1.95. The Bertz CT molecular complexity index is 565. The van der Waals surface area contributed by atoms with Crippen LogP contribution in [0.1, 0.15) is 31.2 Å². The molecule has 5 nitrogen and oxygen atoms in total. The van der Waals surface area contributed by atoms with Crippen LogP contribution < -0.4 is 5.32 Å². The summed E-state index contributed by atoms with van der Waals surface area (Å²) < 4.78 is 18.4. The van der Waals surface area contributed by atoms with Gasteiger partial charge in [-0.2, -0.15) is 0 Å². The number of nitrogens with one attached hydrogen (secondary N) is 1. The summed E-state index contributed by atoms with van der Waals surface area (Å²) in [6.07, 6.45) is 3.11. The van der Waals surface area contributed by atoms with Crippen molar-refractivity contribution in [1.29, 1.82) is 0 Å². The first-order valence-electron chi connectivity index (χ1n) is 8.37. The Morgan fingerprint density at radius 2 is 2.17 bits per heavy atom. The van der Waals surface area contributed by atoms with Crippen LogP contribution in [-0.4, -0.2) is 43.5 Å². The number of carbonyl (C=O) groups excluding carboxylic acids is 2. The van der Waals surface area contributed by atoms with E-state index in [2.05, 4.69) is 5.32 Å². The van der Waals surface area contributed by atoms with Crippen molar-refractivity contribution in [3.63, 3.8) is 0 Å². The number of amides is 2. The van der Waals surface area contributed by atoms with Gasteiger partial charge in [0.1, 0.15) is 12.4 Å². The van der Waals surface area contributed by atoms with E-state index in [0.717, 1.165) is 25.8 Å². The van der Waals surface area contributed by atoms with Crippen LogP contribution in [0.5, 0.6) is 0 Å². The molecule has 0 unspecified atom stereocenters. The van der Waals surface area contributed by atoms with E-state index in [4.69, 9.17) is 4.74 Å². The summed E-state index contributed by atoms with van der Waals surface area (Å²) in [6, 6.07) is 6.42. The van der Waals surface area contributed by atoms with Gasteiger partial charge in [-0.25, -0.2) is 4.39 Å². The minimum atomic E-state index is -0.308. The third-order valence-corrected chi connectivity index (χ3v) is 4.35. The molecule has 1 aromatic carbocycles. The normalized spacial score (nSPS) is 17.6. The summed E-state index contributed by atoms with van der Waals surface area (Å²) >= 11 is 0. The van der Waals surface area contributed by atoms with E-state index in [1.807, 2.05) is 4.90 Å². The summed E-state index contributed by atoms with van der Waals surface area (Å²) in [7, 11) is 1.51. The number of benzene rings is 1. The zero-order valence-corrected chi connectivity index (χ0v) is 14.1. The van der Waals surface area contributed by atoms with Crippen molar-refractivity contribution >= 4 is 11.8 Å². The topological polar surface area (TPSA) is 58.6 Å². The quantitative estimate of drug-likeness (QED) is 0.830. The molecule has 2 rings (SSSR count). The molecule has 0 aliphatic carbocycles. The summed E-state index contributed by atoms with van der Waals surface area (Å²) in [5.74, 6) is -0.0547. The van der Waals surface area contributed by atoms with E-state index >= 15 is 0 Å². The lowest BCUT2D eigenvalue weighted by Crippen LogP contribution is -2.41. The van der Waals surface area contributed by atoms with E-state index in [9.17, 15) is 14.0 Å². The average Bonchev–Trinajstić information content (AvgIpc) is 2.60. The SMILES string of the molecule is COCC(=O)N1CCC[C@H](CCC(=O)NCc2ccccc2F)C1. The fourth-order valence-corrected chi connectivity index (χ4v) is 3.00. The predicted molar refractivity (Wildman–Crippen MR) is 88.7 cm³/mol. The number of nitrogens with zero attached hydrogens (tertiary/aromatic N) is 1. The fraction of sp³-hybridized carbons (Fsp3) is 0.556. The largest absolute Gasteiger partial charge is 0.375 e. The van der Waals surface area contributed by atoms with Gasteiger partial charge in [-0.1, -0.05) is 18.2 Å². The first kappa shape index (κ1) is 18.4. The molecule has 1 aromatic rings. The summed E-state index contributed by atoms with van der Waals surface area (Å²) in [5.41, 5.74) is 0.486. The summed E-state index contributed by atoms with van der Waals surface area (Å²) in [4.78, 5) is 25.6. The van der Waals surface area contributed by atoms with Crippen LogP contribution >= 0.6 is 0 Å². The lowest BCUT2D eigenvalue weighted by atomic mass is 9.93. The van der Waals surface area contributed by atoms with Gasteiger partial charge in [0.25, 0.3) is 0 Å². The van der Waals surface area contributed by atoms with Crippen molar-refractivity contribution in [3.05, 3.63) is 35.6 Å². The lowest BCUT2D eigenvalue weighted by molar-refractivity contribution is -0.137. The van der Waals surface area contributed by atoms with Gasteiger partial charge < -0.3 is 15.0 Å². The molecule has 1 atom stereocenters. The number of hydrogen-bond acceptors (Lipinski definition) is 3. The Kier molecular flexibility index (Phi) is 7.18. The second-order valence-corrected chi connectivity index (χ2v) is 6.19. The molecule has 0 radical (unpaired) electrons. The van der Waals surface area contributed by atoms with Crippen LogP contribution in [0.25, 0.3) is 0 Å². The number of halogens is 1. The van der Waals surface area contributed by atoms with Crippen LogP contribution in [0.2, 0.25) is 0 Å². The number of likely N-dealkylation sites (tertiary alicyclic amines) is 1. The highest BCUT2D eigenvalue weighted by atomic mass is 19.1. The molecule has 1 fully saturated rings. The minimum Gasteiger partial charge on any atom is -0.375 e. The second-order valence-electron chi connectivity index (χ2n) is 6.19. The molecule has 1 N–H and O–H groups in total. The zero-order chi connectivity index (χ0) is 17.4. The third kappa shape index (κ3) is 5.60. The van der Waals surface area contributed by atoms with E-state index in [1.165, 1.54) is 13.2 Å². The molecule has 0 saturated carbocycles. The van der Waals surface area contributed by atoms with Crippen molar-refractivity contribution in [1.82, 2.24) is 10.2 Å². The van der Waals surface area contributed by atoms with Crippen LogP contribution in [0, 0.1) is 11.7 Å². The maximum atomic E-state index is 13.5. The number of ether oxygens (including phenoxy) is 1. The maximum absolute atomic E-state index is 13.5. The number of methoxy groups -OCH3 is 1. The first-order chi connectivity index (χ1) is 11.6. The monoisotopic (exact) mass is 336 g/mol. The average molecular weight is 336 g/mol. The Morgan fingerprint density at radius 3 is 2.92 bits per heavy atom. The minimum absolute atomic E-state index is 0.00574. The molecule has 1 saturated heterocycles. The number of piperidine rings is 1. The van der Waals surface area contributed by atoms with E-state index < -0.39 is 0 Å². The van der Waals surface area contributed by atoms with Crippen molar-refractivity contribution in [3.8, 4) is 0 Å². The molecular formula is C18H25FN2O3. The molecule has 0 spiro atoms. The van der Waals surface area contributed by atoms with Crippen molar-refractivity contribution in [2.24, 2.45) is 5.92 Å². The highest BCUT2D eigenvalue weighted by molar-refractivity contribution is 5.77. The number of carbonyl (C=O) groups is 2. The van der Waals surface area contributed by atoms with Gasteiger partial charge in [-0.15, -0.1) is 0 Å². The summed E-state index contributed by atoms with van der Waals surface area (Å²) in [5, 5.41) is 2.75. The number of rotatable bonds is 7. The Balaban J connectivity index is 1.71. The van der Waals surface area contributed by atoms with E-state index in [-0.39, 0.29) is 30.8 Å². The first-order valence-corrected chi connectivity index (χ1v) is 8.37. The molecule has 1 heterocycles. The third-order valence-electron chi connectivity index (χ3n) is 4.35. The van der Waals surface area contributed by atoms with Crippen molar-refractivity contribution in [2.45, 2.75) is 32.2 Å². The standard InChI is InChI=1S/C18H25FN2O3/c1-24-13-18(23)21-10-4-5-14(12-21)8-9-17(22)20-11-15-6-2-3-7-16(15)19/h2-3,6-7,14H,4-5,8-13H2,1H3,(H,20,22)/t14-/m1/s1. The molecule has 1 aliphatic rings. The van der Waals surface area contributed by atoms with Gasteiger partial charge in [0.05, 0.1) is 0 Å². The summed E-state index contributed by atoms with van der Waals surface area (Å²) in [6.45, 7) is 1.76. The number of hydrogen-bond donors (Lipinski definition) is 1.